The Bertz CT molecular complexity index is 319. The molecule has 0 amide bonds. The van der Waals surface area contributed by atoms with E-state index in [1.54, 1.807) is 11.3 Å². The molecule has 1 atom stereocenters. The molecular weight excluding hydrogens is 242 g/mol. The number of hydrogen-bond donors (Lipinski definition) is 1. The van der Waals surface area contributed by atoms with Crippen molar-refractivity contribution in [1.82, 2.24) is 5.32 Å². The Labute approximate surface area is 115 Å². The molecule has 18 heavy (non-hydrogen) atoms. The van der Waals surface area contributed by atoms with Crippen molar-refractivity contribution in [2.24, 2.45) is 5.92 Å². The minimum Gasteiger partial charge on any atom is -0.378 e. The molecule has 0 spiro atoms. The SMILES string of the molecule is CCCNC(CC1CC(OCC)C1)c1ccsc1. The van der Waals surface area contributed by atoms with Gasteiger partial charge in [0.2, 0.25) is 0 Å². The summed E-state index contributed by atoms with van der Waals surface area (Å²) >= 11 is 1.80. The minimum atomic E-state index is 0.536. The molecule has 1 unspecified atom stereocenters. The first-order chi connectivity index (χ1) is 8.83. The minimum absolute atomic E-state index is 0.536. The molecule has 0 saturated heterocycles. The molecule has 1 aromatic heterocycles. The maximum atomic E-state index is 5.64. The van der Waals surface area contributed by atoms with E-state index < -0.39 is 0 Å². The highest BCUT2D eigenvalue weighted by molar-refractivity contribution is 7.07. The summed E-state index contributed by atoms with van der Waals surface area (Å²) in [6.07, 6.45) is 5.51. The lowest BCUT2D eigenvalue weighted by molar-refractivity contribution is -0.0291. The fourth-order valence-corrected chi connectivity index (χ4v) is 3.42. The molecule has 1 heterocycles. The highest BCUT2D eigenvalue weighted by atomic mass is 32.1. The molecule has 0 radical (unpaired) electrons. The van der Waals surface area contributed by atoms with Crippen LogP contribution in [0.2, 0.25) is 0 Å². The van der Waals surface area contributed by atoms with E-state index in [0.29, 0.717) is 12.1 Å². The van der Waals surface area contributed by atoms with Crippen LogP contribution < -0.4 is 5.32 Å². The van der Waals surface area contributed by atoms with E-state index in [4.69, 9.17) is 4.74 Å². The number of thiophene rings is 1. The van der Waals surface area contributed by atoms with Crippen molar-refractivity contribution in [2.45, 2.75) is 51.7 Å². The molecule has 3 heteroatoms. The summed E-state index contributed by atoms with van der Waals surface area (Å²) in [5.41, 5.74) is 1.47. The quantitative estimate of drug-likeness (QED) is 0.769. The first kappa shape index (κ1) is 14.0. The van der Waals surface area contributed by atoms with Crippen LogP contribution in [-0.4, -0.2) is 19.3 Å². The van der Waals surface area contributed by atoms with Crippen molar-refractivity contribution in [3.05, 3.63) is 22.4 Å². The summed E-state index contributed by atoms with van der Waals surface area (Å²) in [7, 11) is 0. The highest BCUT2D eigenvalue weighted by Crippen LogP contribution is 2.37. The summed E-state index contributed by atoms with van der Waals surface area (Å²) in [6, 6.07) is 2.81. The average molecular weight is 267 g/mol. The molecule has 1 aliphatic rings. The number of nitrogens with one attached hydrogen (secondary N) is 1. The summed E-state index contributed by atoms with van der Waals surface area (Å²) in [5.74, 6) is 0.843. The molecule has 1 aromatic rings. The van der Waals surface area contributed by atoms with Crippen molar-refractivity contribution in [1.29, 1.82) is 0 Å². The lowest BCUT2D eigenvalue weighted by atomic mass is 9.77. The van der Waals surface area contributed by atoms with E-state index in [9.17, 15) is 0 Å². The standard InChI is InChI=1S/C15H25NOS/c1-3-6-16-15(13-5-7-18-11-13)10-12-8-14(9-12)17-4-2/h5,7,11-12,14-16H,3-4,6,8-10H2,1-2H3. The van der Waals surface area contributed by atoms with Crippen molar-refractivity contribution in [3.8, 4) is 0 Å². The van der Waals surface area contributed by atoms with Gasteiger partial charge in [0.15, 0.2) is 0 Å². The van der Waals surface area contributed by atoms with Crippen molar-refractivity contribution in [3.63, 3.8) is 0 Å². The fraction of sp³-hybridized carbons (Fsp3) is 0.733. The first-order valence-corrected chi connectivity index (χ1v) is 8.14. The molecular formula is C15H25NOS. The van der Waals surface area contributed by atoms with Crippen molar-refractivity contribution in [2.75, 3.05) is 13.2 Å². The zero-order valence-corrected chi connectivity index (χ0v) is 12.3. The number of ether oxygens (including phenoxy) is 1. The van der Waals surface area contributed by atoms with Crippen LogP contribution in [0.15, 0.2) is 16.8 Å². The van der Waals surface area contributed by atoms with E-state index >= 15 is 0 Å². The topological polar surface area (TPSA) is 21.3 Å². The fourth-order valence-electron chi connectivity index (χ4n) is 2.70. The summed E-state index contributed by atoms with van der Waals surface area (Å²) in [5, 5.41) is 8.15. The monoisotopic (exact) mass is 267 g/mol. The van der Waals surface area contributed by atoms with Gasteiger partial charge in [-0.2, -0.15) is 11.3 Å². The molecule has 2 rings (SSSR count). The Balaban J connectivity index is 1.80. The van der Waals surface area contributed by atoms with Crippen molar-refractivity contribution >= 4 is 11.3 Å². The van der Waals surface area contributed by atoms with Gasteiger partial charge in [-0.25, -0.2) is 0 Å². The third-order valence-electron chi connectivity index (χ3n) is 3.75. The highest BCUT2D eigenvalue weighted by Gasteiger charge is 2.31. The molecule has 2 nitrogen and oxygen atoms in total. The van der Waals surface area contributed by atoms with E-state index in [1.807, 2.05) is 0 Å². The largest absolute Gasteiger partial charge is 0.378 e. The second-order valence-electron chi connectivity index (χ2n) is 5.21. The lowest BCUT2D eigenvalue weighted by Gasteiger charge is -2.37. The van der Waals surface area contributed by atoms with Gasteiger partial charge in [-0.1, -0.05) is 6.92 Å². The molecule has 1 saturated carbocycles. The third kappa shape index (κ3) is 3.81. The Morgan fingerprint density at radius 3 is 2.89 bits per heavy atom. The lowest BCUT2D eigenvalue weighted by Crippen LogP contribution is -2.34. The Hall–Kier alpha value is -0.380. The first-order valence-electron chi connectivity index (χ1n) is 7.20. The van der Waals surface area contributed by atoms with Crippen LogP contribution in [0.1, 0.15) is 51.1 Å². The summed E-state index contributed by atoms with van der Waals surface area (Å²) in [4.78, 5) is 0. The molecule has 0 aromatic carbocycles. The molecule has 1 N–H and O–H groups in total. The zero-order chi connectivity index (χ0) is 12.8. The smallest absolute Gasteiger partial charge is 0.0580 e. The molecule has 1 aliphatic carbocycles. The van der Waals surface area contributed by atoms with Gasteiger partial charge in [-0.15, -0.1) is 0 Å². The predicted molar refractivity (Wildman–Crippen MR) is 78.1 cm³/mol. The van der Waals surface area contributed by atoms with Crippen LogP contribution >= 0.6 is 11.3 Å². The zero-order valence-electron chi connectivity index (χ0n) is 11.5. The van der Waals surface area contributed by atoms with Crippen LogP contribution in [0, 0.1) is 5.92 Å². The summed E-state index contributed by atoms with van der Waals surface area (Å²) < 4.78 is 5.64. The Morgan fingerprint density at radius 1 is 1.44 bits per heavy atom. The van der Waals surface area contributed by atoms with E-state index in [2.05, 4.69) is 36.0 Å². The maximum Gasteiger partial charge on any atom is 0.0580 e. The van der Waals surface area contributed by atoms with Crippen LogP contribution in [0.5, 0.6) is 0 Å². The summed E-state index contributed by atoms with van der Waals surface area (Å²) in [6.45, 7) is 6.29. The predicted octanol–water partition coefficient (Wildman–Crippen LogP) is 3.99. The maximum absolute atomic E-state index is 5.64. The second kappa shape index (κ2) is 7.27. The van der Waals surface area contributed by atoms with Gasteiger partial charge in [-0.3, -0.25) is 0 Å². The third-order valence-corrected chi connectivity index (χ3v) is 4.45. The molecule has 1 fully saturated rings. The number of hydrogen-bond acceptors (Lipinski definition) is 3. The van der Waals surface area contributed by atoms with Crippen molar-refractivity contribution < 1.29 is 4.74 Å². The average Bonchev–Trinajstić information content (AvgIpc) is 2.84. The van der Waals surface area contributed by atoms with E-state index in [1.165, 1.54) is 31.2 Å². The van der Waals surface area contributed by atoms with Crippen LogP contribution in [0.25, 0.3) is 0 Å². The van der Waals surface area contributed by atoms with E-state index in [0.717, 1.165) is 19.1 Å². The van der Waals surface area contributed by atoms with Gasteiger partial charge < -0.3 is 10.1 Å². The van der Waals surface area contributed by atoms with Gasteiger partial charge >= 0.3 is 0 Å². The Kier molecular flexibility index (Phi) is 5.67. The van der Waals surface area contributed by atoms with Gasteiger partial charge in [0.05, 0.1) is 6.10 Å². The van der Waals surface area contributed by atoms with Gasteiger partial charge in [-0.05, 0) is 67.5 Å². The van der Waals surface area contributed by atoms with Gasteiger partial charge in [0.1, 0.15) is 0 Å². The molecule has 102 valence electrons. The molecule has 0 bridgehead atoms. The molecule has 0 aliphatic heterocycles. The van der Waals surface area contributed by atoms with Crippen LogP contribution in [0.4, 0.5) is 0 Å². The van der Waals surface area contributed by atoms with Gasteiger partial charge in [0.25, 0.3) is 0 Å². The number of rotatable bonds is 8. The normalized spacial score (nSPS) is 24.8. The second-order valence-corrected chi connectivity index (χ2v) is 5.99. The van der Waals surface area contributed by atoms with Crippen LogP contribution in [0.3, 0.4) is 0 Å². The Morgan fingerprint density at radius 2 is 2.28 bits per heavy atom. The van der Waals surface area contributed by atoms with Crippen LogP contribution in [-0.2, 0) is 4.74 Å². The van der Waals surface area contributed by atoms with E-state index in [-0.39, 0.29) is 0 Å². The van der Waals surface area contributed by atoms with Gasteiger partial charge in [0, 0.05) is 12.6 Å².